The predicted molar refractivity (Wildman–Crippen MR) is 167 cm³/mol. The fourth-order valence-corrected chi connectivity index (χ4v) is 7.85. The number of benzene rings is 2. The van der Waals surface area contributed by atoms with Crippen LogP contribution >= 0.6 is 17.3 Å². The number of aromatic amines is 1. The lowest BCUT2D eigenvalue weighted by atomic mass is 9.96. The molecule has 1 fully saturated rings. The summed E-state index contributed by atoms with van der Waals surface area (Å²) in [5.41, 5.74) is -6.95. The van der Waals surface area contributed by atoms with Gasteiger partial charge in [0.25, 0.3) is 5.56 Å². The molecule has 15 heteroatoms. The smallest absolute Gasteiger partial charge is 0.330 e. The van der Waals surface area contributed by atoms with Crippen LogP contribution < -0.4 is 20.5 Å². The van der Waals surface area contributed by atoms with E-state index in [1.165, 1.54) is 13.1 Å². The van der Waals surface area contributed by atoms with Crippen molar-refractivity contribution in [2.75, 3.05) is 13.2 Å². The van der Waals surface area contributed by atoms with Gasteiger partial charge in [-0.3, -0.25) is 19.1 Å². The number of ether oxygens (including phenoxy) is 2. The highest BCUT2D eigenvalue weighted by molar-refractivity contribution is 8.67. The van der Waals surface area contributed by atoms with Crippen molar-refractivity contribution in [2.45, 2.75) is 64.7 Å². The Morgan fingerprint density at radius 2 is 1.93 bits per heavy atom. The van der Waals surface area contributed by atoms with Gasteiger partial charge in [0.2, 0.25) is 0 Å². The van der Waals surface area contributed by atoms with Crippen molar-refractivity contribution in [3.63, 3.8) is 0 Å². The standard InChI is InChI=1S/C28H36N3O9PS2/c1-17(24(34)37-16-27(2,3)4)30-43-41(42,40-20-12-8-10-18-9-6-7-11-19(18)20)38-15-21-23(33)28(5,36)25(39-21)31-14-13-22(32)29-26(31)35/h6-14,17,21,23,25,30,33,36H,15-16H2,1-5H3,(H,29,32,35)/t17-,21+,23+,25+,28+,41?/m0/s1. The molecule has 6 atom stereocenters. The number of carbonyl (C=O) groups is 1. The van der Waals surface area contributed by atoms with Gasteiger partial charge in [-0.05, 0) is 42.5 Å². The van der Waals surface area contributed by atoms with Crippen molar-refractivity contribution in [2.24, 2.45) is 5.41 Å². The van der Waals surface area contributed by atoms with Crippen molar-refractivity contribution >= 4 is 45.8 Å². The molecule has 43 heavy (non-hydrogen) atoms. The molecule has 0 radical (unpaired) electrons. The molecule has 2 heterocycles. The number of aromatic nitrogens is 2. The maximum Gasteiger partial charge on any atom is 0.330 e. The second-order valence-electron chi connectivity index (χ2n) is 11.6. The molecule has 1 aliphatic rings. The van der Waals surface area contributed by atoms with Gasteiger partial charge in [-0.25, -0.2) is 9.52 Å². The number of esters is 1. The number of hydrogen-bond acceptors (Lipinski definition) is 12. The summed E-state index contributed by atoms with van der Waals surface area (Å²) >= 11 is 6.80. The van der Waals surface area contributed by atoms with Gasteiger partial charge >= 0.3 is 17.4 Å². The molecule has 0 aliphatic carbocycles. The molecule has 4 N–H and O–H groups in total. The minimum absolute atomic E-state index is 0.209. The zero-order valence-electron chi connectivity index (χ0n) is 24.4. The van der Waals surface area contributed by atoms with Crippen LogP contribution in [-0.2, 0) is 30.6 Å². The second kappa shape index (κ2) is 13.2. The lowest BCUT2D eigenvalue weighted by Gasteiger charge is -2.27. The van der Waals surface area contributed by atoms with E-state index in [-0.39, 0.29) is 18.6 Å². The Hall–Kier alpha value is -2.55. The summed E-state index contributed by atoms with van der Waals surface area (Å²) in [5.74, 6) is -0.0230. The van der Waals surface area contributed by atoms with Crippen LogP contribution in [0.5, 0.6) is 5.75 Å². The molecule has 1 saturated heterocycles. The van der Waals surface area contributed by atoms with E-state index < -0.39 is 53.0 Å². The first-order valence-electron chi connectivity index (χ1n) is 13.5. The summed E-state index contributed by atoms with van der Waals surface area (Å²) in [5, 5.41) is 23.7. The van der Waals surface area contributed by atoms with Crippen molar-refractivity contribution in [1.29, 1.82) is 0 Å². The Balaban J connectivity index is 1.55. The van der Waals surface area contributed by atoms with E-state index in [9.17, 15) is 24.6 Å². The highest BCUT2D eigenvalue weighted by Crippen LogP contribution is 2.60. The Labute approximate surface area is 257 Å². The van der Waals surface area contributed by atoms with E-state index in [0.717, 1.165) is 33.0 Å². The van der Waals surface area contributed by atoms with Gasteiger partial charge in [0.15, 0.2) is 6.23 Å². The van der Waals surface area contributed by atoms with Gasteiger partial charge in [0, 0.05) is 29.2 Å². The van der Waals surface area contributed by atoms with E-state index in [2.05, 4.69) is 9.71 Å². The summed E-state index contributed by atoms with van der Waals surface area (Å²) in [4.78, 5) is 38.6. The fourth-order valence-electron chi connectivity index (χ4n) is 4.23. The highest BCUT2D eigenvalue weighted by Gasteiger charge is 2.54. The molecule has 0 bridgehead atoms. The quantitative estimate of drug-likeness (QED) is 0.136. The number of nitrogens with one attached hydrogen (secondary N) is 2. The van der Waals surface area contributed by atoms with Gasteiger partial charge < -0.3 is 28.7 Å². The number of aliphatic hydroxyl groups excluding tert-OH is 1. The monoisotopic (exact) mass is 653 g/mol. The molecule has 1 aromatic heterocycles. The zero-order chi connectivity index (χ0) is 31.6. The molecule has 4 rings (SSSR count). The summed E-state index contributed by atoms with van der Waals surface area (Å²) in [6.45, 7) is 8.70. The largest absolute Gasteiger partial charge is 0.464 e. The number of H-pyrrole nitrogens is 1. The number of aliphatic hydroxyl groups is 2. The van der Waals surface area contributed by atoms with E-state index >= 15 is 0 Å². The lowest BCUT2D eigenvalue weighted by molar-refractivity contribution is -0.147. The molecule has 2 aromatic carbocycles. The molecule has 1 unspecified atom stereocenters. The summed E-state index contributed by atoms with van der Waals surface area (Å²) in [6, 6.07) is 13.4. The first-order chi connectivity index (χ1) is 20.1. The number of fused-ring (bicyclic) bond motifs is 1. The number of hydrogen-bond donors (Lipinski definition) is 4. The average molecular weight is 654 g/mol. The van der Waals surface area contributed by atoms with Crippen LogP contribution in [-0.4, -0.2) is 62.8 Å². The molecule has 1 aliphatic heterocycles. The van der Waals surface area contributed by atoms with Gasteiger partial charge in [0.1, 0.15) is 29.6 Å². The van der Waals surface area contributed by atoms with Crippen molar-refractivity contribution in [3.8, 4) is 5.75 Å². The first kappa shape index (κ1) is 33.3. The highest BCUT2D eigenvalue weighted by atomic mass is 32.9. The van der Waals surface area contributed by atoms with Crippen LogP contribution in [0, 0.1) is 5.41 Å². The van der Waals surface area contributed by atoms with Gasteiger partial charge in [-0.2, -0.15) is 0 Å². The van der Waals surface area contributed by atoms with E-state index in [1.54, 1.807) is 13.0 Å². The van der Waals surface area contributed by atoms with E-state index in [4.69, 9.17) is 30.3 Å². The minimum Gasteiger partial charge on any atom is -0.464 e. The third kappa shape index (κ3) is 8.14. The normalized spacial score (nSPS) is 24.4. The molecular formula is C28H36N3O9PS2. The van der Waals surface area contributed by atoms with Crippen LogP contribution in [0.1, 0.15) is 40.8 Å². The van der Waals surface area contributed by atoms with Crippen LogP contribution in [0.2, 0.25) is 0 Å². The van der Waals surface area contributed by atoms with E-state index in [1.807, 2.05) is 57.2 Å². The number of rotatable bonds is 11. The summed E-state index contributed by atoms with van der Waals surface area (Å²) in [6.07, 6.45) is -2.79. The third-order valence-electron chi connectivity index (χ3n) is 6.56. The molecule has 3 aromatic rings. The average Bonchev–Trinajstić information content (AvgIpc) is 3.17. The van der Waals surface area contributed by atoms with E-state index in [0.29, 0.717) is 5.75 Å². The number of carbonyl (C=O) groups excluding carboxylic acids is 1. The van der Waals surface area contributed by atoms with Crippen molar-refractivity contribution in [3.05, 3.63) is 75.6 Å². The second-order valence-corrected chi connectivity index (χ2v) is 17.5. The molecule has 12 nitrogen and oxygen atoms in total. The van der Waals surface area contributed by atoms with Crippen molar-refractivity contribution in [1.82, 2.24) is 14.3 Å². The Morgan fingerprint density at radius 3 is 2.63 bits per heavy atom. The van der Waals surface area contributed by atoms with Gasteiger partial charge in [-0.1, -0.05) is 57.2 Å². The Bertz CT molecular complexity index is 1620. The molecule has 0 saturated carbocycles. The van der Waals surface area contributed by atoms with Crippen LogP contribution in [0.3, 0.4) is 0 Å². The van der Waals surface area contributed by atoms with Crippen LogP contribution in [0.25, 0.3) is 10.8 Å². The van der Waals surface area contributed by atoms with Gasteiger partial charge in [-0.15, -0.1) is 0 Å². The Kier molecular flexibility index (Phi) is 10.2. The third-order valence-corrected chi connectivity index (χ3v) is 10.9. The Morgan fingerprint density at radius 1 is 1.23 bits per heavy atom. The lowest BCUT2D eigenvalue weighted by Crippen LogP contribution is -2.46. The van der Waals surface area contributed by atoms with Crippen LogP contribution in [0.15, 0.2) is 64.3 Å². The summed E-state index contributed by atoms with van der Waals surface area (Å²) < 4.78 is 27.7. The fraction of sp³-hybridized carbons (Fsp3) is 0.464. The number of nitrogens with zero attached hydrogens (tertiary/aromatic N) is 1. The van der Waals surface area contributed by atoms with Crippen LogP contribution in [0.4, 0.5) is 0 Å². The van der Waals surface area contributed by atoms with Gasteiger partial charge in [0.05, 0.1) is 13.2 Å². The molecule has 234 valence electrons. The zero-order valence-corrected chi connectivity index (χ0v) is 26.9. The predicted octanol–water partition coefficient (Wildman–Crippen LogP) is 3.23. The SMILES string of the molecule is C[C@H](NSP(=S)(OC[C@H]1O[C@@H](n2ccc(=O)[nH]c2=O)[C@](C)(O)[C@@H]1O)Oc1cccc2ccccc12)C(=O)OCC(C)(C)C. The van der Waals surface area contributed by atoms with Crippen molar-refractivity contribution < 1.29 is 33.5 Å². The molecule has 0 amide bonds. The summed E-state index contributed by atoms with van der Waals surface area (Å²) in [7, 11) is 0. The minimum atomic E-state index is -3.38. The molecular weight excluding hydrogens is 617 g/mol. The maximum atomic E-state index is 12.6. The maximum absolute atomic E-state index is 12.6. The topological polar surface area (TPSA) is 161 Å². The molecule has 0 spiro atoms. The first-order valence-corrected chi connectivity index (χ1v) is 17.6.